The number of amides is 1. The van der Waals surface area contributed by atoms with Gasteiger partial charge in [-0.2, -0.15) is 18.4 Å². The number of carbonyl (C=O) groups is 1. The fourth-order valence-electron chi connectivity index (χ4n) is 4.16. The third-order valence-electron chi connectivity index (χ3n) is 5.96. The minimum Gasteiger partial charge on any atom is -0.330 e. The lowest BCUT2D eigenvalue weighted by Gasteiger charge is -2.25. The summed E-state index contributed by atoms with van der Waals surface area (Å²) >= 11 is 0. The second-order valence-corrected chi connectivity index (χ2v) is 10.3. The van der Waals surface area contributed by atoms with Gasteiger partial charge < -0.3 is 4.90 Å². The van der Waals surface area contributed by atoms with E-state index in [1.807, 2.05) is 0 Å². The second kappa shape index (κ2) is 11.4. The van der Waals surface area contributed by atoms with Crippen molar-refractivity contribution in [3.63, 3.8) is 0 Å². The molecule has 0 radical (unpaired) electrons. The Kier molecular flexibility index (Phi) is 8.02. The fourth-order valence-corrected chi connectivity index (χ4v) is 5.12. The maximum absolute atomic E-state index is 13.7. The fraction of sp³-hybridized carbons (Fsp3) is 0.103. The first kappa shape index (κ1) is 27.4. The van der Waals surface area contributed by atoms with Crippen molar-refractivity contribution < 1.29 is 26.4 Å². The first-order valence-corrected chi connectivity index (χ1v) is 13.2. The molecule has 0 aliphatic rings. The predicted molar refractivity (Wildman–Crippen MR) is 139 cm³/mol. The normalized spacial score (nSPS) is 11.4. The van der Waals surface area contributed by atoms with E-state index in [4.69, 9.17) is 5.26 Å². The van der Waals surface area contributed by atoms with Gasteiger partial charge in [0.05, 0.1) is 16.0 Å². The van der Waals surface area contributed by atoms with Gasteiger partial charge in [-0.15, -0.1) is 0 Å². The maximum atomic E-state index is 13.7. The van der Waals surface area contributed by atoms with E-state index in [0.717, 1.165) is 11.6 Å². The number of rotatable bonds is 8. The van der Waals surface area contributed by atoms with Crippen LogP contribution in [0, 0.1) is 11.5 Å². The quantitative estimate of drug-likeness (QED) is 0.217. The molecule has 39 heavy (non-hydrogen) atoms. The third-order valence-corrected chi connectivity index (χ3v) is 7.26. The van der Waals surface area contributed by atoms with Crippen LogP contribution in [0.15, 0.2) is 108 Å². The molecule has 0 atom stereocenters. The number of hydrogen-bond donors (Lipinski definition) is 1. The molecule has 0 aliphatic heterocycles. The van der Waals surface area contributed by atoms with Crippen LogP contribution in [0.3, 0.4) is 0 Å². The molecule has 0 aliphatic carbocycles. The van der Waals surface area contributed by atoms with Crippen LogP contribution in [0.1, 0.15) is 27.0 Å². The Hall–Kier alpha value is -4.62. The van der Waals surface area contributed by atoms with E-state index in [-0.39, 0.29) is 18.0 Å². The Morgan fingerprint density at radius 2 is 1.36 bits per heavy atom. The van der Waals surface area contributed by atoms with Gasteiger partial charge in [0, 0.05) is 18.7 Å². The Balaban J connectivity index is 1.67. The van der Waals surface area contributed by atoms with Crippen LogP contribution in [-0.2, 0) is 29.3 Å². The number of benzene rings is 4. The second-order valence-electron chi connectivity index (χ2n) is 8.60. The first-order valence-electron chi connectivity index (χ1n) is 11.7. The van der Waals surface area contributed by atoms with Gasteiger partial charge in [0.2, 0.25) is 0 Å². The molecule has 10 heteroatoms. The molecule has 1 amide bonds. The Bertz CT molecular complexity index is 1620. The standard InChI is InChI=1S/C29H22F3N3O3S/c30-29(31,32)26-12-6-4-11-25(26)28(36)35(18-21-8-2-1-3-9-21)19-22-14-16-23(17-15-22)24-10-5-7-13-27(24)39(37,38)34-20-33/h1-17,34H,18-19H2. The van der Waals surface area contributed by atoms with E-state index < -0.39 is 33.2 Å². The molecule has 4 aromatic rings. The summed E-state index contributed by atoms with van der Waals surface area (Å²) in [7, 11) is -4.07. The van der Waals surface area contributed by atoms with E-state index in [0.29, 0.717) is 16.7 Å². The lowest BCUT2D eigenvalue weighted by Crippen LogP contribution is -2.31. The molecule has 0 heterocycles. The van der Waals surface area contributed by atoms with Crippen molar-refractivity contribution in [3.05, 3.63) is 125 Å². The number of carbonyl (C=O) groups excluding carboxylic acids is 1. The van der Waals surface area contributed by atoms with Gasteiger partial charge in [-0.05, 0) is 34.9 Å². The smallest absolute Gasteiger partial charge is 0.330 e. The van der Waals surface area contributed by atoms with Gasteiger partial charge in [-0.1, -0.05) is 84.9 Å². The maximum Gasteiger partial charge on any atom is 0.417 e. The van der Waals surface area contributed by atoms with E-state index in [2.05, 4.69) is 0 Å². The van der Waals surface area contributed by atoms with Gasteiger partial charge in [0.25, 0.3) is 15.9 Å². The zero-order valence-corrected chi connectivity index (χ0v) is 21.2. The third kappa shape index (κ3) is 6.45. The van der Waals surface area contributed by atoms with E-state index in [1.54, 1.807) is 71.5 Å². The number of hydrogen-bond acceptors (Lipinski definition) is 4. The molecular weight excluding hydrogens is 527 g/mol. The van der Waals surface area contributed by atoms with Crippen molar-refractivity contribution in [1.29, 1.82) is 5.26 Å². The highest BCUT2D eigenvalue weighted by Gasteiger charge is 2.36. The zero-order chi connectivity index (χ0) is 28.0. The Labute approximate surface area is 224 Å². The summed E-state index contributed by atoms with van der Waals surface area (Å²) in [5.74, 6) is -0.769. The minimum absolute atomic E-state index is 0.0101. The van der Waals surface area contributed by atoms with Crippen LogP contribution < -0.4 is 4.72 Å². The number of nitrogens with one attached hydrogen (secondary N) is 1. The van der Waals surface area contributed by atoms with Gasteiger partial charge in [0.1, 0.15) is 0 Å². The average molecular weight is 550 g/mol. The van der Waals surface area contributed by atoms with Crippen LogP contribution in [0.5, 0.6) is 0 Å². The van der Waals surface area contributed by atoms with Crippen molar-refractivity contribution in [2.24, 2.45) is 0 Å². The summed E-state index contributed by atoms with van der Waals surface area (Å²) in [5.41, 5.74) is 0.831. The van der Waals surface area contributed by atoms with Crippen LogP contribution in [0.2, 0.25) is 0 Å². The topological polar surface area (TPSA) is 90.3 Å². The molecule has 4 rings (SSSR count). The van der Waals surface area contributed by atoms with E-state index in [9.17, 15) is 26.4 Å². The molecule has 1 N–H and O–H groups in total. The summed E-state index contributed by atoms with van der Waals surface area (Å²) in [6, 6.07) is 26.5. The number of nitriles is 1. The number of sulfonamides is 1. The molecule has 0 saturated heterocycles. The summed E-state index contributed by atoms with van der Waals surface area (Å²) < 4.78 is 67.7. The largest absolute Gasteiger partial charge is 0.417 e. The predicted octanol–water partition coefficient (Wildman–Crippen LogP) is 5.97. The highest BCUT2D eigenvalue weighted by molar-refractivity contribution is 7.89. The van der Waals surface area contributed by atoms with Gasteiger partial charge >= 0.3 is 6.18 Å². The number of halogens is 3. The summed E-state index contributed by atoms with van der Waals surface area (Å²) in [6.07, 6.45) is -3.27. The molecule has 0 unspecified atom stereocenters. The monoisotopic (exact) mass is 549 g/mol. The molecule has 0 fully saturated rings. The van der Waals surface area contributed by atoms with Crippen molar-refractivity contribution in [2.75, 3.05) is 0 Å². The molecule has 0 aromatic heterocycles. The number of alkyl halides is 3. The molecule has 0 spiro atoms. The molecule has 198 valence electrons. The lowest BCUT2D eigenvalue weighted by atomic mass is 10.0. The van der Waals surface area contributed by atoms with Crippen molar-refractivity contribution in [2.45, 2.75) is 24.2 Å². The van der Waals surface area contributed by atoms with Gasteiger partial charge in [-0.3, -0.25) is 4.79 Å². The zero-order valence-electron chi connectivity index (χ0n) is 20.4. The Morgan fingerprint density at radius 3 is 2.00 bits per heavy atom. The van der Waals surface area contributed by atoms with Crippen molar-refractivity contribution >= 4 is 15.9 Å². The van der Waals surface area contributed by atoms with Crippen molar-refractivity contribution in [3.8, 4) is 17.3 Å². The average Bonchev–Trinajstić information content (AvgIpc) is 2.93. The van der Waals surface area contributed by atoms with Crippen molar-refractivity contribution in [1.82, 2.24) is 9.62 Å². The summed E-state index contributed by atoms with van der Waals surface area (Å²) in [6.45, 7) is 0.0880. The number of nitrogens with zero attached hydrogens (tertiary/aromatic N) is 2. The van der Waals surface area contributed by atoms with E-state index >= 15 is 0 Å². The minimum atomic E-state index is -4.69. The van der Waals surface area contributed by atoms with Crippen LogP contribution in [0.4, 0.5) is 13.2 Å². The lowest BCUT2D eigenvalue weighted by molar-refractivity contribution is -0.138. The molecule has 6 nitrogen and oxygen atoms in total. The molecule has 0 saturated carbocycles. The van der Waals surface area contributed by atoms with Crippen LogP contribution >= 0.6 is 0 Å². The Morgan fingerprint density at radius 1 is 0.795 bits per heavy atom. The van der Waals surface area contributed by atoms with Crippen LogP contribution in [0.25, 0.3) is 11.1 Å². The first-order chi connectivity index (χ1) is 18.6. The SMILES string of the molecule is N#CNS(=O)(=O)c1ccccc1-c1ccc(CN(Cc2ccccc2)C(=O)c2ccccc2C(F)(F)F)cc1. The highest BCUT2D eigenvalue weighted by atomic mass is 32.2. The van der Waals surface area contributed by atoms with Crippen LogP contribution in [-0.4, -0.2) is 19.2 Å². The molecular formula is C29H22F3N3O3S. The van der Waals surface area contributed by atoms with Gasteiger partial charge in [0.15, 0.2) is 6.19 Å². The van der Waals surface area contributed by atoms with E-state index in [1.165, 1.54) is 41.4 Å². The molecule has 0 bridgehead atoms. The highest BCUT2D eigenvalue weighted by Crippen LogP contribution is 2.33. The van der Waals surface area contributed by atoms with Gasteiger partial charge in [-0.25, -0.2) is 13.1 Å². The summed E-state index contributed by atoms with van der Waals surface area (Å²) in [5, 5.41) is 8.80. The summed E-state index contributed by atoms with van der Waals surface area (Å²) in [4.78, 5) is 14.7. The molecule has 4 aromatic carbocycles.